The highest BCUT2D eigenvalue weighted by molar-refractivity contribution is 6.30. The summed E-state index contributed by atoms with van der Waals surface area (Å²) in [5.74, 6) is 1.50. The highest BCUT2D eigenvalue weighted by Crippen LogP contribution is 2.27. The molecule has 4 heteroatoms. The average Bonchev–Trinajstić information content (AvgIpc) is 2.98. The summed E-state index contributed by atoms with van der Waals surface area (Å²) < 4.78 is 0. The maximum atomic E-state index is 6.10. The highest BCUT2D eigenvalue weighted by Gasteiger charge is 2.21. The van der Waals surface area contributed by atoms with Crippen LogP contribution in [0.5, 0.6) is 0 Å². The smallest absolute Gasteiger partial charge is 0.159 e. The lowest BCUT2D eigenvalue weighted by Gasteiger charge is -2.24. The lowest BCUT2D eigenvalue weighted by atomic mass is 10.0. The van der Waals surface area contributed by atoms with Crippen LogP contribution in [-0.4, -0.2) is 11.7 Å². The molecule has 178 valence electrons. The van der Waals surface area contributed by atoms with Crippen LogP contribution in [0, 0.1) is 0 Å². The highest BCUT2D eigenvalue weighted by atomic mass is 35.5. The molecular formula is C33H24ClN3. The third kappa shape index (κ3) is 5.09. The van der Waals surface area contributed by atoms with E-state index in [9.17, 15) is 0 Å². The summed E-state index contributed by atoms with van der Waals surface area (Å²) in [5, 5.41) is 4.27. The molecule has 1 aliphatic rings. The zero-order valence-electron chi connectivity index (χ0n) is 20.1. The summed E-state index contributed by atoms with van der Waals surface area (Å²) >= 11 is 6.10. The molecule has 0 bridgehead atoms. The van der Waals surface area contributed by atoms with Crippen molar-refractivity contribution in [3.63, 3.8) is 0 Å². The number of benzene rings is 5. The Morgan fingerprint density at radius 3 is 1.76 bits per heavy atom. The van der Waals surface area contributed by atoms with Gasteiger partial charge in [0.25, 0.3) is 0 Å². The van der Waals surface area contributed by atoms with E-state index in [4.69, 9.17) is 21.6 Å². The van der Waals surface area contributed by atoms with Gasteiger partial charge in [-0.2, -0.15) is 0 Å². The molecule has 0 aliphatic carbocycles. The molecular weight excluding hydrogens is 474 g/mol. The molecule has 1 unspecified atom stereocenters. The predicted molar refractivity (Wildman–Crippen MR) is 154 cm³/mol. The molecule has 5 aromatic rings. The molecule has 0 aromatic heterocycles. The molecule has 0 radical (unpaired) electrons. The zero-order chi connectivity index (χ0) is 25.0. The second kappa shape index (κ2) is 10.3. The van der Waals surface area contributed by atoms with Crippen molar-refractivity contribution in [3.8, 4) is 22.3 Å². The van der Waals surface area contributed by atoms with E-state index < -0.39 is 0 Å². The Bertz CT molecular complexity index is 1570. The van der Waals surface area contributed by atoms with Gasteiger partial charge in [0.1, 0.15) is 12.0 Å². The summed E-state index contributed by atoms with van der Waals surface area (Å²) in [7, 11) is 0. The number of hydrogen-bond acceptors (Lipinski definition) is 3. The molecule has 37 heavy (non-hydrogen) atoms. The van der Waals surface area contributed by atoms with Crippen LogP contribution in [-0.2, 0) is 0 Å². The second-order valence-corrected chi connectivity index (χ2v) is 9.34. The minimum atomic E-state index is -0.258. The van der Waals surface area contributed by atoms with E-state index in [0.717, 1.165) is 38.7 Å². The van der Waals surface area contributed by atoms with Gasteiger partial charge in [-0.1, -0.05) is 127 Å². The van der Waals surface area contributed by atoms with Crippen molar-refractivity contribution in [3.05, 3.63) is 155 Å². The van der Waals surface area contributed by atoms with Crippen LogP contribution in [0.2, 0.25) is 5.02 Å². The van der Waals surface area contributed by atoms with Crippen molar-refractivity contribution >= 4 is 23.3 Å². The van der Waals surface area contributed by atoms with Crippen molar-refractivity contribution in [1.82, 2.24) is 5.32 Å². The number of nitrogens with one attached hydrogen (secondary N) is 1. The Morgan fingerprint density at radius 2 is 1.05 bits per heavy atom. The summed E-state index contributed by atoms with van der Waals surface area (Å²) in [4.78, 5) is 9.99. The Kier molecular flexibility index (Phi) is 6.36. The summed E-state index contributed by atoms with van der Waals surface area (Å²) in [6.07, 6.45) is -0.258. The molecule has 3 nitrogen and oxygen atoms in total. The molecule has 0 fully saturated rings. The number of nitrogens with zero attached hydrogens (tertiary/aromatic N) is 2. The third-order valence-electron chi connectivity index (χ3n) is 6.42. The number of rotatable bonds is 5. The van der Waals surface area contributed by atoms with Gasteiger partial charge in [-0.15, -0.1) is 0 Å². The van der Waals surface area contributed by atoms with E-state index in [0.29, 0.717) is 5.84 Å². The maximum Gasteiger partial charge on any atom is 0.159 e. The standard InChI is InChI=1S/C33H24ClN3/c34-30-20-18-25(19-21-30)28-12-7-13-29(22-28)33-36-31(26-10-5-2-6-11-26)35-32(37-33)27-16-14-24(15-17-27)23-8-3-1-4-9-23/h1-22,32H,(H,35,36,37). The van der Waals surface area contributed by atoms with Crippen LogP contribution in [0.3, 0.4) is 0 Å². The molecule has 0 saturated carbocycles. The molecule has 1 heterocycles. The average molecular weight is 498 g/mol. The fourth-order valence-corrected chi connectivity index (χ4v) is 4.59. The van der Waals surface area contributed by atoms with Gasteiger partial charge in [0.05, 0.1) is 0 Å². The zero-order valence-corrected chi connectivity index (χ0v) is 20.8. The van der Waals surface area contributed by atoms with Gasteiger partial charge >= 0.3 is 0 Å². The molecule has 0 saturated heterocycles. The first kappa shape index (κ1) is 23.0. The van der Waals surface area contributed by atoms with E-state index in [1.807, 2.05) is 54.6 Å². The van der Waals surface area contributed by atoms with Gasteiger partial charge in [-0.25, -0.2) is 9.98 Å². The summed E-state index contributed by atoms with van der Waals surface area (Å²) in [6.45, 7) is 0. The van der Waals surface area contributed by atoms with Crippen molar-refractivity contribution in [2.45, 2.75) is 6.17 Å². The molecule has 1 aliphatic heterocycles. The van der Waals surface area contributed by atoms with Crippen LogP contribution in [0.1, 0.15) is 22.9 Å². The lowest BCUT2D eigenvalue weighted by molar-refractivity contribution is 0.674. The van der Waals surface area contributed by atoms with Crippen LogP contribution in [0.4, 0.5) is 0 Å². The van der Waals surface area contributed by atoms with Gasteiger partial charge < -0.3 is 5.32 Å². The molecule has 6 rings (SSSR count). The minimum Gasteiger partial charge on any atom is -0.344 e. The molecule has 5 aromatic carbocycles. The maximum absolute atomic E-state index is 6.10. The SMILES string of the molecule is Clc1ccc(-c2cccc(C3=NC(c4ccc(-c5ccccc5)cc4)NC(c4ccccc4)=N3)c2)cc1. The quantitative estimate of drug-likeness (QED) is 0.261. The number of amidine groups is 2. The molecule has 1 N–H and O–H groups in total. The van der Waals surface area contributed by atoms with E-state index in [1.165, 1.54) is 11.1 Å². The van der Waals surface area contributed by atoms with E-state index >= 15 is 0 Å². The van der Waals surface area contributed by atoms with Gasteiger partial charge in [0.15, 0.2) is 5.84 Å². The van der Waals surface area contributed by atoms with Gasteiger partial charge in [-0.3, -0.25) is 0 Å². The molecule has 0 spiro atoms. The summed E-state index contributed by atoms with van der Waals surface area (Å²) in [6, 6.07) is 45.4. The van der Waals surface area contributed by atoms with E-state index in [2.05, 4.69) is 84.2 Å². The van der Waals surface area contributed by atoms with Crippen LogP contribution >= 0.6 is 11.6 Å². The Hall–Kier alpha value is -4.47. The minimum absolute atomic E-state index is 0.258. The Labute approximate surface area is 221 Å². The fourth-order valence-electron chi connectivity index (χ4n) is 4.46. The van der Waals surface area contributed by atoms with Crippen LogP contribution in [0.15, 0.2) is 143 Å². The van der Waals surface area contributed by atoms with Crippen LogP contribution < -0.4 is 5.32 Å². The van der Waals surface area contributed by atoms with Gasteiger partial charge in [-0.05, 0) is 46.0 Å². The Balaban J connectivity index is 1.38. The molecule has 1 atom stereocenters. The largest absolute Gasteiger partial charge is 0.344 e. The predicted octanol–water partition coefficient (Wildman–Crippen LogP) is 8.17. The van der Waals surface area contributed by atoms with Crippen molar-refractivity contribution < 1.29 is 0 Å². The second-order valence-electron chi connectivity index (χ2n) is 8.90. The first-order valence-electron chi connectivity index (χ1n) is 12.2. The first-order valence-corrected chi connectivity index (χ1v) is 12.6. The summed E-state index contributed by atoms with van der Waals surface area (Å²) in [5.41, 5.74) is 7.63. The molecule has 0 amide bonds. The van der Waals surface area contributed by atoms with Crippen molar-refractivity contribution in [2.75, 3.05) is 0 Å². The van der Waals surface area contributed by atoms with E-state index in [1.54, 1.807) is 0 Å². The lowest BCUT2D eigenvalue weighted by Crippen LogP contribution is -2.33. The fraction of sp³-hybridized carbons (Fsp3) is 0.0303. The van der Waals surface area contributed by atoms with Crippen molar-refractivity contribution in [2.24, 2.45) is 9.98 Å². The topological polar surface area (TPSA) is 36.8 Å². The number of aliphatic imine (C=N–C) groups is 2. The van der Waals surface area contributed by atoms with Crippen molar-refractivity contribution in [1.29, 1.82) is 0 Å². The van der Waals surface area contributed by atoms with Crippen LogP contribution in [0.25, 0.3) is 22.3 Å². The van der Waals surface area contributed by atoms with Gasteiger partial charge in [0, 0.05) is 16.1 Å². The first-order chi connectivity index (χ1) is 18.2. The Morgan fingerprint density at radius 1 is 0.514 bits per heavy atom. The normalized spacial score (nSPS) is 14.9. The number of halogens is 1. The van der Waals surface area contributed by atoms with Gasteiger partial charge in [0.2, 0.25) is 0 Å². The van der Waals surface area contributed by atoms with E-state index in [-0.39, 0.29) is 6.17 Å². The number of hydrogen-bond donors (Lipinski definition) is 1. The third-order valence-corrected chi connectivity index (χ3v) is 6.67. The monoisotopic (exact) mass is 497 g/mol.